The fraction of sp³-hybridized carbons (Fsp3) is 0.833. The third-order valence-corrected chi connectivity index (χ3v) is 4.89. The second-order valence-corrected chi connectivity index (χ2v) is 7.17. The summed E-state index contributed by atoms with van der Waals surface area (Å²) >= 11 is 0. The number of nitrogens with one attached hydrogen (secondary N) is 1. The molecular weight excluding hydrogens is 258 g/mol. The highest BCUT2D eigenvalue weighted by molar-refractivity contribution is 5.11. The Morgan fingerprint density at radius 2 is 2.00 bits per heavy atom. The highest BCUT2D eigenvalue weighted by Gasteiger charge is 2.26. The van der Waals surface area contributed by atoms with Gasteiger partial charge in [0.2, 0.25) is 0 Å². The molecule has 0 amide bonds. The Morgan fingerprint density at radius 3 is 2.62 bits per heavy atom. The Morgan fingerprint density at radius 1 is 1.29 bits per heavy atom. The minimum atomic E-state index is 0.747. The summed E-state index contributed by atoms with van der Waals surface area (Å²) in [6.45, 7) is 9.10. The molecule has 1 aromatic heterocycles. The molecular formula is C18H33N3. The van der Waals surface area contributed by atoms with Crippen LogP contribution in [0, 0.1) is 17.8 Å². The van der Waals surface area contributed by atoms with E-state index in [1.54, 1.807) is 0 Å². The number of rotatable bonds is 7. The number of aryl methyl sites for hydroxylation is 2. The van der Waals surface area contributed by atoms with Gasteiger partial charge in [0.25, 0.3) is 0 Å². The Hall–Kier alpha value is -0.830. The predicted molar refractivity (Wildman–Crippen MR) is 89.4 cm³/mol. The van der Waals surface area contributed by atoms with Crippen LogP contribution >= 0.6 is 0 Å². The van der Waals surface area contributed by atoms with Gasteiger partial charge in [0.1, 0.15) is 0 Å². The van der Waals surface area contributed by atoms with E-state index in [0.717, 1.165) is 30.7 Å². The summed E-state index contributed by atoms with van der Waals surface area (Å²) in [5.74, 6) is 2.42. The fourth-order valence-electron chi connectivity index (χ4n) is 3.58. The number of hydrogen-bond acceptors (Lipinski definition) is 2. The van der Waals surface area contributed by atoms with Crippen molar-refractivity contribution < 1.29 is 0 Å². The second-order valence-electron chi connectivity index (χ2n) is 7.17. The van der Waals surface area contributed by atoms with E-state index in [2.05, 4.69) is 49.0 Å². The van der Waals surface area contributed by atoms with Crippen molar-refractivity contribution in [1.82, 2.24) is 15.1 Å². The van der Waals surface area contributed by atoms with E-state index in [0.29, 0.717) is 0 Å². The van der Waals surface area contributed by atoms with Gasteiger partial charge in [-0.25, -0.2) is 0 Å². The summed E-state index contributed by atoms with van der Waals surface area (Å²) in [5.41, 5.74) is 2.66. The van der Waals surface area contributed by atoms with Crippen LogP contribution in [-0.2, 0) is 19.9 Å². The molecule has 0 radical (unpaired) electrons. The summed E-state index contributed by atoms with van der Waals surface area (Å²) in [7, 11) is 2.10. The first kappa shape index (κ1) is 16.5. The molecule has 1 fully saturated rings. The number of aromatic nitrogens is 2. The number of nitrogens with zero attached hydrogens (tertiary/aromatic N) is 2. The van der Waals surface area contributed by atoms with Crippen LogP contribution in [0.25, 0.3) is 0 Å². The maximum Gasteiger partial charge on any atom is 0.0624 e. The molecule has 21 heavy (non-hydrogen) atoms. The summed E-state index contributed by atoms with van der Waals surface area (Å²) in [5, 5.41) is 8.28. The van der Waals surface area contributed by atoms with Crippen LogP contribution in [0.15, 0.2) is 6.07 Å². The fourth-order valence-corrected chi connectivity index (χ4v) is 3.58. The first-order chi connectivity index (χ1) is 10.1. The normalized spacial score (nSPS) is 22.9. The first-order valence-corrected chi connectivity index (χ1v) is 8.82. The van der Waals surface area contributed by atoms with E-state index >= 15 is 0 Å². The molecule has 2 unspecified atom stereocenters. The van der Waals surface area contributed by atoms with Crippen LogP contribution in [0.1, 0.15) is 57.8 Å². The van der Waals surface area contributed by atoms with Gasteiger partial charge in [-0.05, 0) is 62.6 Å². The van der Waals surface area contributed by atoms with Crippen molar-refractivity contribution in [2.45, 2.75) is 59.3 Å². The molecule has 1 heterocycles. The van der Waals surface area contributed by atoms with E-state index in [1.807, 2.05) is 0 Å². The van der Waals surface area contributed by atoms with Crippen molar-refractivity contribution in [3.05, 3.63) is 17.5 Å². The summed E-state index contributed by atoms with van der Waals surface area (Å²) in [4.78, 5) is 0. The Labute approximate surface area is 130 Å². The van der Waals surface area contributed by atoms with Crippen molar-refractivity contribution in [3.63, 3.8) is 0 Å². The average molecular weight is 291 g/mol. The van der Waals surface area contributed by atoms with Gasteiger partial charge in [0.05, 0.1) is 5.69 Å². The van der Waals surface area contributed by atoms with E-state index in [-0.39, 0.29) is 0 Å². The van der Waals surface area contributed by atoms with Gasteiger partial charge >= 0.3 is 0 Å². The van der Waals surface area contributed by atoms with E-state index in [9.17, 15) is 0 Å². The molecule has 0 saturated heterocycles. The third kappa shape index (κ3) is 4.84. The van der Waals surface area contributed by atoms with Gasteiger partial charge in [-0.2, -0.15) is 5.10 Å². The zero-order valence-electron chi connectivity index (χ0n) is 14.4. The third-order valence-electron chi connectivity index (χ3n) is 4.89. The Balaban J connectivity index is 1.93. The van der Waals surface area contributed by atoms with E-state index < -0.39 is 0 Å². The van der Waals surface area contributed by atoms with Crippen LogP contribution < -0.4 is 5.32 Å². The molecule has 2 rings (SSSR count). The van der Waals surface area contributed by atoms with Crippen LogP contribution in [0.3, 0.4) is 0 Å². The van der Waals surface area contributed by atoms with E-state index in [4.69, 9.17) is 0 Å². The minimum absolute atomic E-state index is 0.747. The van der Waals surface area contributed by atoms with Crippen LogP contribution in [-0.4, -0.2) is 22.9 Å². The zero-order chi connectivity index (χ0) is 15.2. The predicted octanol–water partition coefficient (Wildman–Crippen LogP) is 3.58. The van der Waals surface area contributed by atoms with Gasteiger partial charge in [-0.15, -0.1) is 0 Å². The summed E-state index contributed by atoms with van der Waals surface area (Å²) in [6, 6.07) is 2.31. The van der Waals surface area contributed by atoms with Crippen molar-refractivity contribution >= 4 is 0 Å². The van der Waals surface area contributed by atoms with Gasteiger partial charge in [-0.1, -0.05) is 33.6 Å². The summed E-state index contributed by atoms with van der Waals surface area (Å²) in [6.07, 6.45) is 7.85. The minimum Gasteiger partial charge on any atom is -0.316 e. The molecule has 3 heteroatoms. The molecule has 0 bridgehead atoms. The SMILES string of the molecule is CCc1cc(CC2CCCCC2CNCC(C)C)n(C)n1. The summed E-state index contributed by atoms with van der Waals surface area (Å²) < 4.78 is 2.10. The highest BCUT2D eigenvalue weighted by atomic mass is 15.3. The zero-order valence-corrected chi connectivity index (χ0v) is 14.4. The van der Waals surface area contributed by atoms with Crippen molar-refractivity contribution in [3.8, 4) is 0 Å². The van der Waals surface area contributed by atoms with Crippen molar-refractivity contribution in [2.75, 3.05) is 13.1 Å². The lowest BCUT2D eigenvalue weighted by molar-refractivity contribution is 0.224. The maximum absolute atomic E-state index is 4.61. The lowest BCUT2D eigenvalue weighted by atomic mass is 9.76. The molecule has 1 aromatic rings. The topological polar surface area (TPSA) is 29.9 Å². The average Bonchev–Trinajstić information content (AvgIpc) is 2.81. The van der Waals surface area contributed by atoms with Gasteiger partial charge in [0.15, 0.2) is 0 Å². The molecule has 3 nitrogen and oxygen atoms in total. The quantitative estimate of drug-likeness (QED) is 0.832. The lowest BCUT2D eigenvalue weighted by Gasteiger charge is -2.32. The molecule has 0 aliphatic heterocycles. The number of hydrogen-bond donors (Lipinski definition) is 1. The van der Waals surface area contributed by atoms with E-state index in [1.165, 1.54) is 50.0 Å². The molecule has 2 atom stereocenters. The Kier molecular flexibility index (Phi) is 6.28. The standard InChI is InChI=1S/C18H33N3/c1-5-17-11-18(21(4)20-17)10-15-8-6-7-9-16(15)13-19-12-14(2)3/h11,14-16,19H,5-10,12-13H2,1-4H3. The molecule has 0 aromatic carbocycles. The monoisotopic (exact) mass is 291 g/mol. The highest BCUT2D eigenvalue weighted by Crippen LogP contribution is 2.32. The first-order valence-electron chi connectivity index (χ1n) is 8.82. The second kappa shape index (κ2) is 7.98. The van der Waals surface area contributed by atoms with Crippen LogP contribution in [0.5, 0.6) is 0 Å². The Bertz CT molecular complexity index is 422. The van der Waals surface area contributed by atoms with Crippen LogP contribution in [0.4, 0.5) is 0 Å². The van der Waals surface area contributed by atoms with Gasteiger partial charge in [-0.3, -0.25) is 4.68 Å². The molecule has 120 valence electrons. The molecule has 0 spiro atoms. The molecule has 1 aliphatic rings. The molecule has 1 aliphatic carbocycles. The van der Waals surface area contributed by atoms with Crippen molar-refractivity contribution in [1.29, 1.82) is 0 Å². The van der Waals surface area contributed by atoms with Gasteiger partial charge in [0, 0.05) is 12.7 Å². The van der Waals surface area contributed by atoms with Crippen LogP contribution in [0.2, 0.25) is 0 Å². The largest absolute Gasteiger partial charge is 0.316 e. The molecule has 1 N–H and O–H groups in total. The molecule has 1 saturated carbocycles. The van der Waals surface area contributed by atoms with Crippen molar-refractivity contribution in [2.24, 2.45) is 24.8 Å². The lowest BCUT2D eigenvalue weighted by Crippen LogP contribution is -2.33. The smallest absolute Gasteiger partial charge is 0.0624 e. The van der Waals surface area contributed by atoms with Gasteiger partial charge < -0.3 is 5.32 Å². The maximum atomic E-state index is 4.61.